The van der Waals surface area contributed by atoms with Crippen LogP contribution in [0.1, 0.15) is 10.4 Å². The Morgan fingerprint density at radius 2 is 1.95 bits per heavy atom. The van der Waals surface area contributed by atoms with Crippen LogP contribution in [0.5, 0.6) is 0 Å². The number of anilines is 1. The van der Waals surface area contributed by atoms with Gasteiger partial charge in [0.25, 0.3) is 5.91 Å². The molecular weight excluding hydrogens is 238 g/mol. The molecule has 0 radical (unpaired) electrons. The second-order valence-electron chi connectivity index (χ2n) is 4.33. The van der Waals surface area contributed by atoms with E-state index in [1.165, 1.54) is 0 Å². The summed E-state index contributed by atoms with van der Waals surface area (Å²) in [6.07, 6.45) is 1.65. The number of hydrogen-bond donors (Lipinski definition) is 1. The molecule has 0 saturated heterocycles. The van der Waals surface area contributed by atoms with E-state index < -0.39 is 0 Å². The van der Waals surface area contributed by atoms with Crippen LogP contribution in [-0.2, 0) is 0 Å². The molecule has 3 rings (SSSR count). The number of amides is 1. The van der Waals surface area contributed by atoms with Gasteiger partial charge in [0.2, 0.25) is 0 Å². The molecule has 1 N–H and O–H groups in total. The highest BCUT2D eigenvalue weighted by Crippen LogP contribution is 2.20. The van der Waals surface area contributed by atoms with Crippen molar-refractivity contribution in [3.05, 3.63) is 60.4 Å². The molecule has 0 atom stereocenters. The number of rotatable bonds is 2. The molecule has 0 aliphatic rings. The number of nitrogens with one attached hydrogen (secondary N) is 1. The fourth-order valence-electron chi connectivity index (χ4n) is 2.02. The Bertz CT molecular complexity index is 718. The van der Waals surface area contributed by atoms with E-state index in [9.17, 15) is 4.79 Å². The molecule has 0 spiro atoms. The Labute approximate surface area is 110 Å². The first-order valence-electron chi connectivity index (χ1n) is 6.02. The number of nitrogens with zero attached hydrogens (tertiary/aromatic N) is 2. The van der Waals surface area contributed by atoms with Gasteiger partial charge in [-0.05, 0) is 30.3 Å². The maximum Gasteiger partial charge on any atom is 0.258 e. The molecule has 1 aromatic heterocycles. The molecule has 1 heterocycles. The van der Waals surface area contributed by atoms with Crippen molar-refractivity contribution in [3.63, 3.8) is 0 Å². The molecule has 94 valence electrons. The Balaban J connectivity index is 1.94. The lowest BCUT2D eigenvalue weighted by molar-refractivity contribution is 0.0993. The third kappa shape index (κ3) is 2.08. The first-order valence-corrected chi connectivity index (χ1v) is 6.02. The van der Waals surface area contributed by atoms with Gasteiger partial charge in [-0.15, -0.1) is 0 Å². The Morgan fingerprint density at radius 3 is 2.74 bits per heavy atom. The zero-order valence-electron chi connectivity index (χ0n) is 10.5. The first kappa shape index (κ1) is 11.5. The molecular formula is C15H13N3O. The molecule has 0 unspecified atom stereocenters. The maximum atomic E-state index is 12.3. The van der Waals surface area contributed by atoms with Gasteiger partial charge in [0, 0.05) is 18.3 Å². The average Bonchev–Trinajstić information content (AvgIpc) is 2.94. The number of aromatic nitrogens is 2. The van der Waals surface area contributed by atoms with Crippen molar-refractivity contribution < 1.29 is 4.79 Å². The van der Waals surface area contributed by atoms with E-state index in [0.29, 0.717) is 5.56 Å². The minimum Gasteiger partial charge on any atom is -0.345 e. The van der Waals surface area contributed by atoms with Gasteiger partial charge in [-0.25, -0.2) is 4.98 Å². The van der Waals surface area contributed by atoms with Gasteiger partial charge in [-0.3, -0.25) is 4.79 Å². The lowest BCUT2D eigenvalue weighted by Gasteiger charge is -2.17. The zero-order chi connectivity index (χ0) is 13.2. The molecule has 1 amide bonds. The number of carbonyl (C=O) groups is 1. The summed E-state index contributed by atoms with van der Waals surface area (Å²) in [5, 5.41) is 0. The smallest absolute Gasteiger partial charge is 0.258 e. The molecule has 0 aliphatic heterocycles. The summed E-state index contributed by atoms with van der Waals surface area (Å²) in [5.41, 5.74) is 3.33. The highest BCUT2D eigenvalue weighted by Gasteiger charge is 2.13. The van der Waals surface area contributed by atoms with Crippen LogP contribution in [0.2, 0.25) is 0 Å². The summed E-state index contributed by atoms with van der Waals surface area (Å²) < 4.78 is 0. The van der Waals surface area contributed by atoms with Crippen LogP contribution in [-0.4, -0.2) is 22.9 Å². The highest BCUT2D eigenvalue weighted by atomic mass is 16.2. The summed E-state index contributed by atoms with van der Waals surface area (Å²) in [6.45, 7) is 0. The monoisotopic (exact) mass is 251 g/mol. The van der Waals surface area contributed by atoms with E-state index in [1.807, 2.05) is 48.5 Å². The lowest BCUT2D eigenvalue weighted by Crippen LogP contribution is -2.26. The third-order valence-electron chi connectivity index (χ3n) is 3.12. The number of aromatic amines is 1. The van der Waals surface area contributed by atoms with Crippen molar-refractivity contribution in [2.45, 2.75) is 0 Å². The molecule has 4 heteroatoms. The average molecular weight is 251 g/mol. The van der Waals surface area contributed by atoms with Gasteiger partial charge in [-0.2, -0.15) is 0 Å². The van der Waals surface area contributed by atoms with Gasteiger partial charge in [-0.1, -0.05) is 18.2 Å². The molecule has 0 aliphatic carbocycles. The van der Waals surface area contributed by atoms with Crippen LogP contribution in [0, 0.1) is 0 Å². The van der Waals surface area contributed by atoms with Gasteiger partial charge in [0.05, 0.1) is 17.4 Å². The molecule has 4 nitrogen and oxygen atoms in total. The Kier molecular flexibility index (Phi) is 2.76. The van der Waals surface area contributed by atoms with Crippen LogP contribution < -0.4 is 4.90 Å². The van der Waals surface area contributed by atoms with Crippen molar-refractivity contribution in [2.24, 2.45) is 0 Å². The van der Waals surface area contributed by atoms with Crippen LogP contribution in [0.3, 0.4) is 0 Å². The van der Waals surface area contributed by atoms with E-state index in [-0.39, 0.29) is 5.91 Å². The summed E-state index contributed by atoms with van der Waals surface area (Å²) in [4.78, 5) is 21.2. The van der Waals surface area contributed by atoms with E-state index in [4.69, 9.17) is 0 Å². The second kappa shape index (κ2) is 4.57. The van der Waals surface area contributed by atoms with Crippen molar-refractivity contribution in [1.29, 1.82) is 0 Å². The summed E-state index contributed by atoms with van der Waals surface area (Å²) in [5.74, 6) is -0.0283. The number of benzene rings is 2. The molecule has 0 fully saturated rings. The van der Waals surface area contributed by atoms with E-state index in [0.717, 1.165) is 16.7 Å². The first-order chi connectivity index (χ1) is 9.25. The van der Waals surface area contributed by atoms with Gasteiger partial charge in [0.15, 0.2) is 0 Å². The summed E-state index contributed by atoms with van der Waals surface area (Å²) in [7, 11) is 1.77. The molecule has 2 aromatic carbocycles. The quantitative estimate of drug-likeness (QED) is 0.761. The standard InChI is InChI=1S/C15H13N3O/c1-18(15(19)11-5-3-2-4-6-11)12-7-8-13-14(9-12)17-10-16-13/h2-10H,1H3,(H,16,17). The predicted octanol–water partition coefficient (Wildman–Crippen LogP) is 2.84. The van der Waals surface area contributed by atoms with Gasteiger partial charge >= 0.3 is 0 Å². The fourth-order valence-corrected chi connectivity index (χ4v) is 2.02. The minimum atomic E-state index is -0.0283. The van der Waals surface area contributed by atoms with Crippen LogP contribution in [0.15, 0.2) is 54.9 Å². The molecule has 0 saturated carbocycles. The van der Waals surface area contributed by atoms with E-state index >= 15 is 0 Å². The maximum absolute atomic E-state index is 12.3. The predicted molar refractivity (Wildman–Crippen MR) is 75.3 cm³/mol. The van der Waals surface area contributed by atoms with Crippen molar-refractivity contribution >= 4 is 22.6 Å². The van der Waals surface area contributed by atoms with Gasteiger partial charge < -0.3 is 9.88 Å². The molecule has 19 heavy (non-hydrogen) atoms. The SMILES string of the molecule is CN(C(=O)c1ccccc1)c1ccc2nc[nH]c2c1. The van der Waals surface area contributed by atoms with Crippen molar-refractivity contribution in [1.82, 2.24) is 9.97 Å². The normalized spacial score (nSPS) is 10.6. The second-order valence-corrected chi connectivity index (χ2v) is 4.33. The van der Waals surface area contributed by atoms with Crippen LogP contribution in [0.4, 0.5) is 5.69 Å². The van der Waals surface area contributed by atoms with Gasteiger partial charge in [0.1, 0.15) is 0 Å². The number of H-pyrrole nitrogens is 1. The van der Waals surface area contributed by atoms with Crippen molar-refractivity contribution in [2.75, 3.05) is 11.9 Å². The zero-order valence-corrected chi connectivity index (χ0v) is 10.5. The number of carbonyl (C=O) groups excluding carboxylic acids is 1. The number of hydrogen-bond acceptors (Lipinski definition) is 2. The lowest BCUT2D eigenvalue weighted by atomic mass is 10.2. The summed E-state index contributed by atoms with van der Waals surface area (Å²) in [6, 6.07) is 15.0. The number of fused-ring (bicyclic) bond motifs is 1. The van der Waals surface area contributed by atoms with Crippen molar-refractivity contribution in [3.8, 4) is 0 Å². The fraction of sp³-hybridized carbons (Fsp3) is 0.0667. The number of imidazole rings is 1. The minimum absolute atomic E-state index is 0.0283. The highest BCUT2D eigenvalue weighted by molar-refractivity contribution is 6.06. The Morgan fingerprint density at radius 1 is 1.16 bits per heavy atom. The molecule has 3 aromatic rings. The van der Waals surface area contributed by atoms with E-state index in [1.54, 1.807) is 18.3 Å². The van der Waals surface area contributed by atoms with Crippen LogP contribution in [0.25, 0.3) is 11.0 Å². The topological polar surface area (TPSA) is 49.0 Å². The largest absolute Gasteiger partial charge is 0.345 e. The molecule has 0 bridgehead atoms. The summed E-state index contributed by atoms with van der Waals surface area (Å²) >= 11 is 0. The third-order valence-corrected chi connectivity index (χ3v) is 3.12. The Hall–Kier alpha value is -2.62. The van der Waals surface area contributed by atoms with Crippen LogP contribution >= 0.6 is 0 Å². The van der Waals surface area contributed by atoms with E-state index in [2.05, 4.69) is 9.97 Å².